The molecule has 2 fully saturated rings. The zero-order chi connectivity index (χ0) is 11.1. The molecule has 86 valence electrons. The first kappa shape index (κ1) is 10.9. The summed E-state index contributed by atoms with van der Waals surface area (Å²) in [5.74, 6) is 0.348. The maximum absolute atomic E-state index is 12.4. The van der Waals surface area contributed by atoms with Crippen LogP contribution in [-0.4, -0.2) is 29.4 Å². The minimum Gasteiger partial charge on any atom is -0.338 e. The number of hydrogen-bond acceptors (Lipinski definition) is 2. The highest BCUT2D eigenvalue weighted by Gasteiger charge is 2.43. The van der Waals surface area contributed by atoms with Crippen LogP contribution in [0.1, 0.15) is 46.0 Å². The zero-order valence-electron chi connectivity index (χ0n) is 9.83. The third-order valence-corrected chi connectivity index (χ3v) is 4.30. The molecule has 3 nitrogen and oxygen atoms in total. The van der Waals surface area contributed by atoms with Crippen LogP contribution < -0.4 is 5.73 Å². The molecule has 0 aromatic carbocycles. The van der Waals surface area contributed by atoms with Crippen molar-refractivity contribution in [2.75, 3.05) is 6.54 Å². The van der Waals surface area contributed by atoms with Crippen molar-refractivity contribution in [1.29, 1.82) is 0 Å². The van der Waals surface area contributed by atoms with Crippen LogP contribution in [0.5, 0.6) is 0 Å². The van der Waals surface area contributed by atoms with Crippen molar-refractivity contribution in [2.24, 2.45) is 11.1 Å². The van der Waals surface area contributed by atoms with E-state index in [0.717, 1.165) is 25.8 Å². The van der Waals surface area contributed by atoms with E-state index in [9.17, 15) is 4.79 Å². The van der Waals surface area contributed by atoms with Gasteiger partial charge in [-0.1, -0.05) is 19.8 Å². The molecule has 2 rings (SSSR count). The van der Waals surface area contributed by atoms with Crippen molar-refractivity contribution >= 4 is 5.91 Å². The molecule has 2 unspecified atom stereocenters. The molecule has 2 aliphatic rings. The van der Waals surface area contributed by atoms with Gasteiger partial charge in [0.15, 0.2) is 0 Å². The van der Waals surface area contributed by atoms with Gasteiger partial charge in [-0.25, -0.2) is 0 Å². The smallest absolute Gasteiger partial charge is 0.228 e. The second-order valence-electron chi connectivity index (χ2n) is 5.46. The fourth-order valence-electron chi connectivity index (χ4n) is 2.97. The maximum atomic E-state index is 12.4. The Labute approximate surface area is 92.0 Å². The molecule has 0 bridgehead atoms. The summed E-state index contributed by atoms with van der Waals surface area (Å²) in [5, 5.41) is 0. The summed E-state index contributed by atoms with van der Waals surface area (Å²) in [7, 11) is 0. The lowest BCUT2D eigenvalue weighted by Gasteiger charge is -2.32. The SMILES string of the molecule is CC1C(N)CCN1C(=O)C1(C)CCCC1. The highest BCUT2D eigenvalue weighted by Crippen LogP contribution is 2.40. The van der Waals surface area contributed by atoms with E-state index < -0.39 is 0 Å². The van der Waals surface area contributed by atoms with Crippen molar-refractivity contribution in [3.8, 4) is 0 Å². The van der Waals surface area contributed by atoms with Crippen LogP contribution in [0.25, 0.3) is 0 Å². The van der Waals surface area contributed by atoms with Crippen LogP contribution in [0, 0.1) is 5.41 Å². The minimum atomic E-state index is -0.0850. The van der Waals surface area contributed by atoms with E-state index in [1.807, 2.05) is 4.90 Å². The molecule has 1 aliphatic carbocycles. The Hall–Kier alpha value is -0.570. The molecule has 2 atom stereocenters. The summed E-state index contributed by atoms with van der Waals surface area (Å²) in [4.78, 5) is 14.4. The molecule has 0 spiro atoms. The van der Waals surface area contributed by atoms with Crippen LogP contribution in [0.2, 0.25) is 0 Å². The first-order chi connectivity index (χ1) is 7.04. The summed E-state index contributed by atoms with van der Waals surface area (Å²) < 4.78 is 0. The quantitative estimate of drug-likeness (QED) is 0.713. The second kappa shape index (κ2) is 3.78. The number of amides is 1. The van der Waals surface area contributed by atoms with Crippen LogP contribution >= 0.6 is 0 Å². The molecule has 0 aromatic heterocycles. The van der Waals surface area contributed by atoms with Gasteiger partial charge in [0.1, 0.15) is 0 Å². The Morgan fingerprint density at radius 3 is 2.47 bits per heavy atom. The van der Waals surface area contributed by atoms with Gasteiger partial charge in [0.2, 0.25) is 5.91 Å². The van der Waals surface area contributed by atoms with Crippen molar-refractivity contribution in [3.05, 3.63) is 0 Å². The number of carbonyl (C=O) groups is 1. The van der Waals surface area contributed by atoms with Gasteiger partial charge in [0.05, 0.1) is 0 Å². The molecule has 3 heteroatoms. The number of hydrogen-bond donors (Lipinski definition) is 1. The summed E-state index contributed by atoms with van der Waals surface area (Å²) in [5.41, 5.74) is 5.87. The lowest BCUT2D eigenvalue weighted by atomic mass is 9.87. The zero-order valence-corrected chi connectivity index (χ0v) is 9.83. The van der Waals surface area contributed by atoms with Crippen LogP contribution in [0.3, 0.4) is 0 Å². The third kappa shape index (κ3) is 1.78. The maximum Gasteiger partial charge on any atom is 0.228 e. The van der Waals surface area contributed by atoms with Gasteiger partial charge in [-0.2, -0.15) is 0 Å². The Morgan fingerprint density at radius 2 is 2.00 bits per heavy atom. The van der Waals surface area contributed by atoms with E-state index in [2.05, 4.69) is 13.8 Å². The molecular weight excluding hydrogens is 188 g/mol. The third-order valence-electron chi connectivity index (χ3n) is 4.30. The van der Waals surface area contributed by atoms with E-state index in [-0.39, 0.29) is 17.5 Å². The number of nitrogens with zero attached hydrogens (tertiary/aromatic N) is 1. The molecule has 1 aliphatic heterocycles. The fourth-order valence-corrected chi connectivity index (χ4v) is 2.97. The molecule has 0 radical (unpaired) electrons. The predicted molar refractivity (Wildman–Crippen MR) is 60.3 cm³/mol. The second-order valence-corrected chi connectivity index (χ2v) is 5.46. The van der Waals surface area contributed by atoms with Gasteiger partial charge >= 0.3 is 0 Å². The topological polar surface area (TPSA) is 46.3 Å². The molecule has 1 heterocycles. The van der Waals surface area contributed by atoms with Gasteiger partial charge in [-0.05, 0) is 26.2 Å². The Kier molecular flexibility index (Phi) is 2.75. The predicted octanol–water partition coefficient (Wildman–Crippen LogP) is 1.51. The summed E-state index contributed by atoms with van der Waals surface area (Å²) in [6.45, 7) is 5.06. The van der Waals surface area contributed by atoms with Crippen molar-refractivity contribution in [1.82, 2.24) is 4.90 Å². The fraction of sp³-hybridized carbons (Fsp3) is 0.917. The van der Waals surface area contributed by atoms with Crippen LogP contribution in [0.4, 0.5) is 0 Å². The van der Waals surface area contributed by atoms with Gasteiger partial charge in [-0.15, -0.1) is 0 Å². The van der Waals surface area contributed by atoms with Crippen molar-refractivity contribution in [3.63, 3.8) is 0 Å². The number of carbonyl (C=O) groups excluding carboxylic acids is 1. The number of nitrogens with two attached hydrogens (primary N) is 1. The monoisotopic (exact) mass is 210 g/mol. The Bertz CT molecular complexity index is 258. The van der Waals surface area contributed by atoms with Gasteiger partial charge in [0.25, 0.3) is 0 Å². The molecule has 0 aromatic rings. The standard InChI is InChI=1S/C12H22N2O/c1-9-10(13)5-8-14(9)11(15)12(2)6-3-4-7-12/h9-10H,3-8,13H2,1-2H3. The molecule has 1 saturated heterocycles. The number of rotatable bonds is 1. The van der Waals surface area contributed by atoms with Gasteiger partial charge in [0, 0.05) is 24.0 Å². The highest BCUT2D eigenvalue weighted by atomic mass is 16.2. The summed E-state index contributed by atoms with van der Waals surface area (Å²) in [6.07, 6.45) is 5.49. The minimum absolute atomic E-state index is 0.0850. The average Bonchev–Trinajstić information content (AvgIpc) is 2.77. The molecule has 1 amide bonds. The van der Waals surface area contributed by atoms with E-state index in [0.29, 0.717) is 5.91 Å². The van der Waals surface area contributed by atoms with Crippen LogP contribution in [-0.2, 0) is 4.79 Å². The molecule has 1 saturated carbocycles. The van der Waals surface area contributed by atoms with E-state index in [4.69, 9.17) is 5.73 Å². The van der Waals surface area contributed by atoms with Gasteiger partial charge in [-0.3, -0.25) is 4.79 Å². The molecule has 15 heavy (non-hydrogen) atoms. The molecular formula is C12H22N2O. The summed E-state index contributed by atoms with van der Waals surface area (Å²) >= 11 is 0. The Balaban J connectivity index is 2.08. The largest absolute Gasteiger partial charge is 0.338 e. The van der Waals surface area contributed by atoms with E-state index in [1.165, 1.54) is 12.8 Å². The van der Waals surface area contributed by atoms with Crippen LogP contribution in [0.15, 0.2) is 0 Å². The van der Waals surface area contributed by atoms with E-state index in [1.54, 1.807) is 0 Å². The number of likely N-dealkylation sites (tertiary alicyclic amines) is 1. The Morgan fingerprint density at radius 1 is 1.40 bits per heavy atom. The van der Waals surface area contributed by atoms with Crippen molar-refractivity contribution < 1.29 is 4.79 Å². The average molecular weight is 210 g/mol. The lowest BCUT2D eigenvalue weighted by Crippen LogP contribution is -2.46. The van der Waals surface area contributed by atoms with E-state index >= 15 is 0 Å². The normalized spacial score (nSPS) is 34.7. The highest BCUT2D eigenvalue weighted by molar-refractivity contribution is 5.83. The summed E-state index contributed by atoms with van der Waals surface area (Å²) in [6, 6.07) is 0.411. The lowest BCUT2D eigenvalue weighted by molar-refractivity contribution is -0.141. The first-order valence-corrected chi connectivity index (χ1v) is 6.11. The molecule has 2 N–H and O–H groups in total. The first-order valence-electron chi connectivity index (χ1n) is 6.11. The van der Waals surface area contributed by atoms with Crippen molar-refractivity contribution in [2.45, 2.75) is 58.0 Å². The van der Waals surface area contributed by atoms with Gasteiger partial charge < -0.3 is 10.6 Å².